The van der Waals surface area contributed by atoms with E-state index in [4.69, 9.17) is 4.74 Å². The molecule has 27 heavy (non-hydrogen) atoms. The summed E-state index contributed by atoms with van der Waals surface area (Å²) >= 11 is 0. The molecule has 0 bridgehead atoms. The highest BCUT2D eigenvalue weighted by molar-refractivity contribution is 5.88. The zero-order valence-electron chi connectivity index (χ0n) is 15.2. The van der Waals surface area contributed by atoms with Gasteiger partial charge in [0.05, 0.1) is 12.8 Å². The molecule has 0 fully saturated rings. The molecule has 3 aromatic carbocycles. The molecule has 4 aromatic rings. The van der Waals surface area contributed by atoms with Gasteiger partial charge in [0, 0.05) is 11.1 Å². The summed E-state index contributed by atoms with van der Waals surface area (Å²) < 4.78 is 5.44. The van der Waals surface area contributed by atoms with Crippen LogP contribution in [0.2, 0.25) is 0 Å². The second-order valence-electron chi connectivity index (χ2n) is 6.48. The first kappa shape index (κ1) is 16.8. The van der Waals surface area contributed by atoms with Crippen LogP contribution in [0.4, 0.5) is 0 Å². The molecule has 1 heterocycles. The number of rotatable bonds is 3. The van der Waals surface area contributed by atoms with Gasteiger partial charge >= 0.3 is 0 Å². The molecule has 0 N–H and O–H groups in total. The van der Waals surface area contributed by atoms with Crippen LogP contribution >= 0.6 is 0 Å². The number of aryl methyl sites for hydroxylation is 1. The van der Waals surface area contributed by atoms with Crippen LogP contribution in [0.25, 0.3) is 33.2 Å². The molecule has 4 rings (SSSR count). The lowest BCUT2D eigenvalue weighted by Crippen LogP contribution is -1.98. The zero-order chi connectivity index (χ0) is 18.8. The van der Waals surface area contributed by atoms with Crippen LogP contribution in [0.1, 0.15) is 11.1 Å². The van der Waals surface area contributed by atoms with Gasteiger partial charge in [-0.15, -0.1) is 0 Å². The molecule has 0 aliphatic rings. The predicted octanol–water partition coefficient (Wildman–Crippen LogP) is 5.76. The molecule has 130 valence electrons. The smallest absolute Gasteiger partial charge is 0.232 e. The van der Waals surface area contributed by atoms with Gasteiger partial charge in [0.1, 0.15) is 11.6 Å². The molecular weight excluding hydrogens is 332 g/mol. The number of nitriles is 1. The standard InChI is InChI=1S/C24H18N2O/c1-16-7-9-18(10-8-16)21-14-23(26-24(27-2)22(21)15-25)20-12-11-17-5-3-4-6-19(17)13-20/h3-14H,1-2H3. The first-order chi connectivity index (χ1) is 13.2. The quantitative estimate of drug-likeness (QED) is 0.472. The molecule has 0 spiro atoms. The number of fused-ring (bicyclic) bond motifs is 1. The summed E-state index contributed by atoms with van der Waals surface area (Å²) in [4.78, 5) is 4.60. The van der Waals surface area contributed by atoms with Crippen LogP contribution in [-0.4, -0.2) is 12.1 Å². The van der Waals surface area contributed by atoms with Crippen molar-refractivity contribution in [3.8, 4) is 34.3 Å². The van der Waals surface area contributed by atoms with Crippen molar-refractivity contribution in [3.05, 3.63) is 83.9 Å². The Morgan fingerprint density at radius 3 is 2.26 bits per heavy atom. The van der Waals surface area contributed by atoms with Crippen LogP contribution in [0.3, 0.4) is 0 Å². The number of methoxy groups -OCH3 is 1. The summed E-state index contributed by atoms with van der Waals surface area (Å²) in [5.74, 6) is 0.346. The van der Waals surface area contributed by atoms with E-state index in [0.29, 0.717) is 11.4 Å². The van der Waals surface area contributed by atoms with Gasteiger partial charge in [-0.2, -0.15) is 5.26 Å². The first-order valence-corrected chi connectivity index (χ1v) is 8.75. The van der Waals surface area contributed by atoms with Crippen LogP contribution in [0.15, 0.2) is 72.8 Å². The molecule has 0 saturated heterocycles. The van der Waals surface area contributed by atoms with E-state index in [0.717, 1.165) is 27.8 Å². The van der Waals surface area contributed by atoms with Gasteiger partial charge in [-0.25, -0.2) is 4.98 Å². The SMILES string of the molecule is COc1nc(-c2ccc3ccccc3c2)cc(-c2ccc(C)cc2)c1C#N. The van der Waals surface area contributed by atoms with Gasteiger partial charge in [0.25, 0.3) is 0 Å². The Bertz CT molecular complexity index is 1170. The molecule has 0 unspecified atom stereocenters. The lowest BCUT2D eigenvalue weighted by atomic mass is 9.97. The summed E-state index contributed by atoms with van der Waals surface area (Å²) in [6.45, 7) is 2.04. The average Bonchev–Trinajstić information content (AvgIpc) is 2.73. The van der Waals surface area contributed by atoms with Gasteiger partial charge in [0.2, 0.25) is 5.88 Å². The van der Waals surface area contributed by atoms with Gasteiger partial charge in [-0.1, -0.05) is 66.2 Å². The highest BCUT2D eigenvalue weighted by Gasteiger charge is 2.16. The molecule has 0 radical (unpaired) electrons. The molecule has 3 heteroatoms. The Morgan fingerprint density at radius 2 is 1.56 bits per heavy atom. The van der Waals surface area contributed by atoms with Crippen molar-refractivity contribution in [2.45, 2.75) is 6.92 Å². The number of ether oxygens (including phenoxy) is 1. The van der Waals surface area contributed by atoms with Crippen molar-refractivity contribution >= 4 is 10.8 Å². The van der Waals surface area contributed by atoms with Crippen molar-refractivity contribution in [2.75, 3.05) is 7.11 Å². The second kappa shape index (κ2) is 6.93. The van der Waals surface area contributed by atoms with E-state index in [1.54, 1.807) is 7.11 Å². The summed E-state index contributed by atoms with van der Waals surface area (Å²) in [7, 11) is 1.55. The molecular formula is C24H18N2O. The fourth-order valence-corrected chi connectivity index (χ4v) is 3.23. The van der Waals surface area contributed by atoms with Crippen molar-refractivity contribution in [3.63, 3.8) is 0 Å². The second-order valence-corrected chi connectivity index (χ2v) is 6.48. The van der Waals surface area contributed by atoms with Gasteiger partial charge in [0.15, 0.2) is 0 Å². The highest BCUT2D eigenvalue weighted by Crippen LogP contribution is 2.34. The number of hydrogen-bond acceptors (Lipinski definition) is 3. The normalized spacial score (nSPS) is 10.6. The highest BCUT2D eigenvalue weighted by atomic mass is 16.5. The number of aromatic nitrogens is 1. The largest absolute Gasteiger partial charge is 0.480 e. The lowest BCUT2D eigenvalue weighted by Gasteiger charge is -2.12. The monoisotopic (exact) mass is 350 g/mol. The van der Waals surface area contributed by atoms with Gasteiger partial charge in [-0.3, -0.25) is 0 Å². The molecule has 0 aliphatic carbocycles. The summed E-state index contributed by atoms with van der Waals surface area (Å²) in [5.41, 5.74) is 5.20. The topological polar surface area (TPSA) is 45.9 Å². The minimum Gasteiger partial charge on any atom is -0.480 e. The Morgan fingerprint density at radius 1 is 0.852 bits per heavy atom. The number of hydrogen-bond donors (Lipinski definition) is 0. The molecule has 3 nitrogen and oxygen atoms in total. The van der Waals surface area contributed by atoms with E-state index in [1.165, 1.54) is 10.9 Å². The Kier molecular flexibility index (Phi) is 4.32. The number of benzene rings is 3. The molecule has 0 amide bonds. The molecule has 1 aromatic heterocycles. The van der Waals surface area contributed by atoms with Gasteiger partial charge < -0.3 is 4.74 Å². The number of nitrogens with zero attached hydrogens (tertiary/aromatic N) is 2. The fourth-order valence-electron chi connectivity index (χ4n) is 3.23. The van der Waals surface area contributed by atoms with E-state index in [9.17, 15) is 5.26 Å². The average molecular weight is 350 g/mol. The minimum absolute atomic E-state index is 0.346. The van der Waals surface area contributed by atoms with Crippen LogP contribution in [0.5, 0.6) is 5.88 Å². The van der Waals surface area contributed by atoms with Crippen LogP contribution < -0.4 is 4.74 Å². The van der Waals surface area contributed by atoms with Crippen molar-refractivity contribution in [2.24, 2.45) is 0 Å². The van der Waals surface area contributed by atoms with E-state index in [-0.39, 0.29) is 0 Å². The summed E-state index contributed by atoms with van der Waals surface area (Å²) in [6, 6.07) is 26.8. The fraction of sp³-hybridized carbons (Fsp3) is 0.0833. The molecule has 0 saturated carbocycles. The van der Waals surface area contributed by atoms with E-state index in [1.807, 2.05) is 49.4 Å². The van der Waals surface area contributed by atoms with Crippen molar-refractivity contribution in [1.29, 1.82) is 5.26 Å². The van der Waals surface area contributed by atoms with E-state index in [2.05, 4.69) is 41.4 Å². The van der Waals surface area contributed by atoms with Gasteiger partial charge in [-0.05, 0) is 35.4 Å². The summed E-state index contributed by atoms with van der Waals surface area (Å²) in [6.07, 6.45) is 0. The zero-order valence-corrected chi connectivity index (χ0v) is 15.2. The summed E-state index contributed by atoms with van der Waals surface area (Å²) in [5, 5.41) is 12.0. The van der Waals surface area contributed by atoms with Crippen molar-refractivity contribution in [1.82, 2.24) is 4.98 Å². The maximum atomic E-state index is 9.68. The van der Waals surface area contributed by atoms with E-state index >= 15 is 0 Å². The third kappa shape index (κ3) is 3.14. The van der Waals surface area contributed by atoms with Crippen LogP contribution in [0, 0.1) is 18.3 Å². The predicted molar refractivity (Wildman–Crippen MR) is 109 cm³/mol. The maximum Gasteiger partial charge on any atom is 0.232 e. The third-order valence-electron chi connectivity index (χ3n) is 4.70. The molecule has 0 aliphatic heterocycles. The lowest BCUT2D eigenvalue weighted by molar-refractivity contribution is 0.397. The Labute approximate surface area is 158 Å². The van der Waals surface area contributed by atoms with Crippen LogP contribution in [-0.2, 0) is 0 Å². The maximum absolute atomic E-state index is 9.68. The third-order valence-corrected chi connectivity index (χ3v) is 4.70. The molecule has 0 atom stereocenters. The Hall–Kier alpha value is -3.64. The van der Waals surface area contributed by atoms with E-state index < -0.39 is 0 Å². The first-order valence-electron chi connectivity index (χ1n) is 8.75. The number of pyridine rings is 1. The Balaban J connectivity index is 1.94. The van der Waals surface area contributed by atoms with Crippen molar-refractivity contribution < 1.29 is 4.74 Å². The minimum atomic E-state index is 0.346.